The Morgan fingerprint density at radius 2 is 2.10 bits per heavy atom. The van der Waals surface area contributed by atoms with Gasteiger partial charge in [0.2, 0.25) is 0 Å². The SMILES string of the molecule is COC(=O)CSc1nc(C)cc(-c2ccccc2)c1C#N. The van der Waals surface area contributed by atoms with Crippen molar-refractivity contribution in [2.75, 3.05) is 12.9 Å². The molecule has 0 saturated heterocycles. The van der Waals surface area contributed by atoms with Crippen molar-refractivity contribution in [1.82, 2.24) is 4.98 Å². The summed E-state index contributed by atoms with van der Waals surface area (Å²) in [6.45, 7) is 1.87. The molecule has 5 heteroatoms. The minimum Gasteiger partial charge on any atom is -0.468 e. The van der Waals surface area contributed by atoms with Gasteiger partial charge >= 0.3 is 5.97 Å². The summed E-state index contributed by atoms with van der Waals surface area (Å²) in [7, 11) is 1.34. The van der Waals surface area contributed by atoms with Gasteiger partial charge in [-0.3, -0.25) is 4.79 Å². The van der Waals surface area contributed by atoms with Crippen molar-refractivity contribution in [2.45, 2.75) is 11.9 Å². The van der Waals surface area contributed by atoms with E-state index in [0.29, 0.717) is 10.6 Å². The Bertz CT molecular complexity index is 693. The second-order valence-electron chi connectivity index (χ2n) is 4.33. The van der Waals surface area contributed by atoms with Crippen LogP contribution in [0.3, 0.4) is 0 Å². The van der Waals surface area contributed by atoms with E-state index < -0.39 is 0 Å². The van der Waals surface area contributed by atoms with Crippen molar-refractivity contribution in [2.24, 2.45) is 0 Å². The summed E-state index contributed by atoms with van der Waals surface area (Å²) in [5.74, 6) is -0.205. The molecule has 0 fully saturated rings. The minimum absolute atomic E-state index is 0.135. The molecule has 21 heavy (non-hydrogen) atoms. The molecule has 0 aliphatic heterocycles. The first-order valence-electron chi connectivity index (χ1n) is 6.32. The van der Waals surface area contributed by atoms with Gasteiger partial charge in [0.05, 0.1) is 18.4 Å². The van der Waals surface area contributed by atoms with Crippen LogP contribution in [-0.4, -0.2) is 23.8 Å². The lowest BCUT2D eigenvalue weighted by Crippen LogP contribution is -2.04. The topological polar surface area (TPSA) is 63.0 Å². The molecule has 1 heterocycles. The summed E-state index contributed by atoms with van der Waals surface area (Å²) in [6.07, 6.45) is 0. The van der Waals surface area contributed by atoms with E-state index in [1.165, 1.54) is 18.9 Å². The minimum atomic E-state index is -0.339. The molecule has 1 aromatic heterocycles. The van der Waals surface area contributed by atoms with Crippen LogP contribution in [-0.2, 0) is 9.53 Å². The third kappa shape index (κ3) is 3.61. The number of nitriles is 1. The average molecular weight is 298 g/mol. The van der Waals surface area contributed by atoms with E-state index in [9.17, 15) is 10.1 Å². The molecular weight excluding hydrogens is 284 g/mol. The van der Waals surface area contributed by atoms with Crippen LogP contribution in [0.25, 0.3) is 11.1 Å². The molecule has 106 valence electrons. The summed E-state index contributed by atoms with van der Waals surface area (Å²) >= 11 is 1.22. The van der Waals surface area contributed by atoms with Crippen molar-refractivity contribution in [1.29, 1.82) is 5.26 Å². The maximum atomic E-state index is 11.3. The molecular formula is C16H14N2O2S. The Balaban J connectivity index is 2.45. The fourth-order valence-electron chi connectivity index (χ4n) is 1.89. The molecule has 2 rings (SSSR count). The number of benzene rings is 1. The van der Waals surface area contributed by atoms with E-state index in [0.717, 1.165) is 16.8 Å². The zero-order valence-corrected chi connectivity index (χ0v) is 12.6. The van der Waals surface area contributed by atoms with Crippen LogP contribution in [0.1, 0.15) is 11.3 Å². The highest BCUT2D eigenvalue weighted by Gasteiger charge is 2.14. The van der Waals surface area contributed by atoms with Crippen LogP contribution in [0.15, 0.2) is 41.4 Å². The molecule has 0 unspecified atom stereocenters. The third-order valence-corrected chi connectivity index (χ3v) is 3.81. The number of rotatable bonds is 4. The van der Waals surface area contributed by atoms with Crippen LogP contribution in [0, 0.1) is 18.3 Å². The van der Waals surface area contributed by atoms with E-state index in [4.69, 9.17) is 0 Å². The number of thioether (sulfide) groups is 1. The predicted octanol–water partition coefficient (Wildman–Crippen LogP) is 3.19. The first kappa shape index (κ1) is 15.1. The largest absolute Gasteiger partial charge is 0.468 e. The highest BCUT2D eigenvalue weighted by Crippen LogP contribution is 2.30. The van der Waals surface area contributed by atoms with Gasteiger partial charge in [0.1, 0.15) is 11.1 Å². The van der Waals surface area contributed by atoms with Crippen molar-refractivity contribution < 1.29 is 9.53 Å². The number of carbonyl (C=O) groups is 1. The van der Waals surface area contributed by atoms with Crippen LogP contribution >= 0.6 is 11.8 Å². The highest BCUT2D eigenvalue weighted by atomic mass is 32.2. The molecule has 0 atom stereocenters. The number of aryl methyl sites for hydroxylation is 1. The predicted molar refractivity (Wildman–Crippen MR) is 81.9 cm³/mol. The Morgan fingerprint density at radius 1 is 1.38 bits per heavy atom. The molecule has 0 saturated carbocycles. The first-order chi connectivity index (χ1) is 10.2. The number of ether oxygens (including phenoxy) is 1. The number of esters is 1. The fraction of sp³-hybridized carbons (Fsp3) is 0.188. The van der Waals surface area contributed by atoms with E-state index in [2.05, 4.69) is 15.8 Å². The van der Waals surface area contributed by atoms with Gasteiger partial charge in [0.15, 0.2) is 0 Å². The van der Waals surface area contributed by atoms with Crippen LogP contribution in [0.4, 0.5) is 0 Å². The molecule has 0 spiro atoms. The van der Waals surface area contributed by atoms with Crippen LogP contribution in [0.5, 0.6) is 0 Å². The van der Waals surface area contributed by atoms with Gasteiger partial charge in [-0.25, -0.2) is 4.98 Å². The van der Waals surface area contributed by atoms with Gasteiger partial charge in [0, 0.05) is 11.3 Å². The van der Waals surface area contributed by atoms with Gasteiger partial charge in [-0.2, -0.15) is 5.26 Å². The number of pyridine rings is 1. The standard InChI is InChI=1S/C16H14N2O2S/c1-11-8-13(12-6-4-3-5-7-12)14(9-17)16(18-11)21-10-15(19)20-2/h3-8H,10H2,1-2H3. The zero-order valence-electron chi connectivity index (χ0n) is 11.8. The average Bonchev–Trinajstić information content (AvgIpc) is 2.52. The normalized spacial score (nSPS) is 9.95. The lowest BCUT2D eigenvalue weighted by atomic mass is 10.0. The van der Waals surface area contributed by atoms with Crippen molar-refractivity contribution >= 4 is 17.7 Å². The van der Waals surface area contributed by atoms with Crippen molar-refractivity contribution in [3.63, 3.8) is 0 Å². The van der Waals surface area contributed by atoms with Gasteiger partial charge in [0.25, 0.3) is 0 Å². The molecule has 2 aromatic rings. The van der Waals surface area contributed by atoms with Crippen molar-refractivity contribution in [3.8, 4) is 17.2 Å². The van der Waals surface area contributed by atoms with Crippen LogP contribution < -0.4 is 0 Å². The maximum Gasteiger partial charge on any atom is 0.316 e. The summed E-state index contributed by atoms with van der Waals surface area (Å²) in [4.78, 5) is 15.6. The number of aromatic nitrogens is 1. The summed E-state index contributed by atoms with van der Waals surface area (Å²) in [6, 6.07) is 13.8. The number of hydrogen-bond donors (Lipinski definition) is 0. The molecule has 0 amide bonds. The second-order valence-corrected chi connectivity index (χ2v) is 5.30. The molecule has 1 aromatic carbocycles. The first-order valence-corrected chi connectivity index (χ1v) is 7.31. The Morgan fingerprint density at radius 3 is 2.71 bits per heavy atom. The molecule has 0 radical (unpaired) electrons. The summed E-state index contributed by atoms with van der Waals surface area (Å²) in [5.41, 5.74) is 3.08. The molecule has 0 aliphatic rings. The number of carbonyl (C=O) groups excluding carboxylic acids is 1. The smallest absolute Gasteiger partial charge is 0.316 e. The Hall–Kier alpha value is -2.32. The van der Waals surface area contributed by atoms with Crippen LogP contribution in [0.2, 0.25) is 0 Å². The van der Waals surface area contributed by atoms with Gasteiger partial charge in [-0.15, -0.1) is 0 Å². The molecule has 4 nitrogen and oxygen atoms in total. The van der Waals surface area contributed by atoms with E-state index in [1.807, 2.05) is 43.3 Å². The maximum absolute atomic E-state index is 11.3. The molecule has 0 bridgehead atoms. The lowest BCUT2D eigenvalue weighted by Gasteiger charge is -2.10. The van der Waals surface area contributed by atoms with Gasteiger partial charge in [-0.1, -0.05) is 42.1 Å². The fourth-order valence-corrected chi connectivity index (χ4v) is 2.77. The number of methoxy groups -OCH3 is 1. The molecule has 0 N–H and O–H groups in total. The lowest BCUT2D eigenvalue weighted by molar-refractivity contribution is -0.137. The van der Waals surface area contributed by atoms with E-state index >= 15 is 0 Å². The van der Waals surface area contributed by atoms with Crippen molar-refractivity contribution in [3.05, 3.63) is 47.7 Å². The summed E-state index contributed by atoms with van der Waals surface area (Å²) < 4.78 is 4.62. The summed E-state index contributed by atoms with van der Waals surface area (Å²) in [5, 5.41) is 10.0. The quantitative estimate of drug-likeness (QED) is 0.640. The van der Waals surface area contributed by atoms with Gasteiger partial charge < -0.3 is 4.74 Å². The second kappa shape index (κ2) is 6.91. The number of hydrogen-bond acceptors (Lipinski definition) is 5. The monoisotopic (exact) mass is 298 g/mol. The molecule has 0 aliphatic carbocycles. The third-order valence-electron chi connectivity index (χ3n) is 2.87. The Kier molecular flexibility index (Phi) is 4.96. The number of nitrogens with zero attached hydrogens (tertiary/aromatic N) is 2. The Labute approximate surface area is 127 Å². The zero-order chi connectivity index (χ0) is 15.2. The van der Waals surface area contributed by atoms with E-state index in [-0.39, 0.29) is 11.7 Å². The van der Waals surface area contributed by atoms with E-state index in [1.54, 1.807) is 0 Å². The highest BCUT2D eigenvalue weighted by molar-refractivity contribution is 7.99. The van der Waals surface area contributed by atoms with Gasteiger partial charge in [-0.05, 0) is 18.6 Å².